The van der Waals surface area contributed by atoms with E-state index >= 15 is 0 Å². The molecular formula is C13H13F3N2. The largest absolute Gasteiger partial charge is 0.416 e. The maximum Gasteiger partial charge on any atom is 0.416 e. The van der Waals surface area contributed by atoms with Gasteiger partial charge in [0.1, 0.15) is 0 Å². The number of rotatable bonds is 1. The summed E-state index contributed by atoms with van der Waals surface area (Å²) in [6, 6.07) is 3.53. The zero-order valence-corrected chi connectivity index (χ0v) is 10.0. The number of alkyl halides is 3. The summed E-state index contributed by atoms with van der Waals surface area (Å²) in [5.74, 6) is 0.0407. The molecule has 0 amide bonds. The van der Waals surface area contributed by atoms with Crippen LogP contribution in [0.1, 0.15) is 30.9 Å². The average Bonchev–Trinajstić information content (AvgIpc) is 2.26. The maximum absolute atomic E-state index is 12.7. The monoisotopic (exact) mass is 254 g/mol. The van der Waals surface area contributed by atoms with E-state index in [9.17, 15) is 13.2 Å². The summed E-state index contributed by atoms with van der Waals surface area (Å²) in [6.45, 7) is 3.79. The number of anilines is 1. The molecule has 0 atom stereocenters. The summed E-state index contributed by atoms with van der Waals surface area (Å²) < 4.78 is 38.1. The van der Waals surface area contributed by atoms with Crippen molar-refractivity contribution in [3.05, 3.63) is 35.5 Å². The molecule has 0 aliphatic carbocycles. The van der Waals surface area contributed by atoms with Gasteiger partial charge >= 0.3 is 6.18 Å². The van der Waals surface area contributed by atoms with E-state index in [1.807, 2.05) is 13.8 Å². The molecule has 0 aliphatic heterocycles. The lowest BCUT2D eigenvalue weighted by atomic mass is 9.96. The first-order valence-electron chi connectivity index (χ1n) is 5.56. The van der Waals surface area contributed by atoms with Crippen LogP contribution < -0.4 is 5.73 Å². The molecule has 96 valence electrons. The summed E-state index contributed by atoms with van der Waals surface area (Å²) in [7, 11) is 0. The van der Waals surface area contributed by atoms with Crippen molar-refractivity contribution in [2.45, 2.75) is 25.9 Å². The normalized spacial score (nSPS) is 12.3. The van der Waals surface area contributed by atoms with Gasteiger partial charge in [0.15, 0.2) is 0 Å². The van der Waals surface area contributed by atoms with Crippen molar-refractivity contribution >= 4 is 16.6 Å². The standard InChI is InChI=1S/C13H13F3N2/c1-7(2)12-9-5-8(13(14,15)16)3-4-11(9)18-6-10(12)17/h3-7H,17H2,1-2H3. The summed E-state index contributed by atoms with van der Waals surface area (Å²) in [6.07, 6.45) is -2.86. The number of benzene rings is 1. The molecule has 1 heterocycles. The Morgan fingerprint density at radius 3 is 2.44 bits per heavy atom. The second-order valence-electron chi connectivity index (χ2n) is 4.51. The minimum absolute atomic E-state index is 0.0407. The van der Waals surface area contributed by atoms with Gasteiger partial charge in [-0.3, -0.25) is 4.98 Å². The van der Waals surface area contributed by atoms with Crippen LogP contribution in [0.25, 0.3) is 10.9 Å². The highest BCUT2D eigenvalue weighted by molar-refractivity contribution is 5.87. The van der Waals surface area contributed by atoms with E-state index in [0.29, 0.717) is 22.2 Å². The van der Waals surface area contributed by atoms with Crippen molar-refractivity contribution in [3.63, 3.8) is 0 Å². The molecule has 0 radical (unpaired) electrons. The average molecular weight is 254 g/mol. The van der Waals surface area contributed by atoms with Crippen LogP contribution in [0.15, 0.2) is 24.4 Å². The minimum atomic E-state index is -4.35. The predicted octanol–water partition coefficient (Wildman–Crippen LogP) is 3.96. The first-order valence-corrected chi connectivity index (χ1v) is 5.56. The number of pyridine rings is 1. The van der Waals surface area contributed by atoms with Crippen LogP contribution >= 0.6 is 0 Å². The van der Waals surface area contributed by atoms with E-state index in [1.54, 1.807) is 0 Å². The van der Waals surface area contributed by atoms with Gasteiger partial charge in [0.2, 0.25) is 0 Å². The fraction of sp³-hybridized carbons (Fsp3) is 0.308. The highest BCUT2D eigenvalue weighted by Crippen LogP contribution is 2.35. The van der Waals surface area contributed by atoms with E-state index in [-0.39, 0.29) is 5.92 Å². The van der Waals surface area contributed by atoms with Crippen molar-refractivity contribution in [2.24, 2.45) is 0 Å². The van der Waals surface area contributed by atoms with E-state index in [0.717, 1.165) is 12.1 Å². The van der Waals surface area contributed by atoms with Crippen LogP contribution in [0.4, 0.5) is 18.9 Å². The molecule has 1 aromatic heterocycles. The van der Waals surface area contributed by atoms with Crippen LogP contribution in [0, 0.1) is 0 Å². The molecule has 2 N–H and O–H groups in total. The van der Waals surface area contributed by atoms with Gasteiger partial charge in [0.25, 0.3) is 0 Å². The van der Waals surface area contributed by atoms with E-state index in [1.165, 1.54) is 12.3 Å². The number of nitrogens with zero attached hydrogens (tertiary/aromatic N) is 1. The van der Waals surface area contributed by atoms with Gasteiger partial charge in [-0.1, -0.05) is 13.8 Å². The quantitative estimate of drug-likeness (QED) is 0.836. The number of nitrogen functional groups attached to an aromatic ring is 1. The molecule has 2 aromatic rings. The number of aromatic nitrogens is 1. The van der Waals surface area contributed by atoms with Gasteiger partial charge in [-0.2, -0.15) is 13.2 Å². The van der Waals surface area contributed by atoms with Crippen LogP contribution in [-0.2, 0) is 6.18 Å². The van der Waals surface area contributed by atoms with E-state index < -0.39 is 11.7 Å². The Morgan fingerprint density at radius 1 is 1.22 bits per heavy atom. The van der Waals surface area contributed by atoms with E-state index in [4.69, 9.17) is 5.73 Å². The number of hydrogen-bond donors (Lipinski definition) is 1. The summed E-state index contributed by atoms with van der Waals surface area (Å²) in [5.41, 5.74) is 6.80. The van der Waals surface area contributed by atoms with Gasteiger partial charge < -0.3 is 5.73 Å². The Kier molecular flexibility index (Phi) is 2.92. The molecule has 0 saturated carbocycles. The van der Waals surface area contributed by atoms with Crippen molar-refractivity contribution in [1.82, 2.24) is 4.98 Å². The SMILES string of the molecule is CC(C)c1c(N)cnc2ccc(C(F)(F)F)cc12. The Bertz CT molecular complexity index is 589. The Hall–Kier alpha value is -1.78. The fourth-order valence-corrected chi connectivity index (χ4v) is 2.05. The Morgan fingerprint density at radius 2 is 1.89 bits per heavy atom. The summed E-state index contributed by atoms with van der Waals surface area (Å²) >= 11 is 0. The summed E-state index contributed by atoms with van der Waals surface area (Å²) in [4.78, 5) is 4.05. The van der Waals surface area contributed by atoms with Crippen molar-refractivity contribution in [3.8, 4) is 0 Å². The second kappa shape index (κ2) is 4.15. The smallest absolute Gasteiger partial charge is 0.397 e. The molecule has 0 spiro atoms. The number of fused-ring (bicyclic) bond motifs is 1. The lowest BCUT2D eigenvalue weighted by molar-refractivity contribution is -0.137. The predicted molar refractivity (Wildman–Crippen MR) is 65.2 cm³/mol. The van der Waals surface area contributed by atoms with Crippen molar-refractivity contribution in [2.75, 3.05) is 5.73 Å². The molecule has 2 nitrogen and oxygen atoms in total. The lowest BCUT2D eigenvalue weighted by Gasteiger charge is -2.14. The van der Waals surface area contributed by atoms with Gasteiger partial charge in [-0.15, -0.1) is 0 Å². The third kappa shape index (κ3) is 2.12. The number of hydrogen-bond acceptors (Lipinski definition) is 2. The third-order valence-electron chi connectivity index (χ3n) is 2.85. The highest BCUT2D eigenvalue weighted by atomic mass is 19.4. The molecule has 2 rings (SSSR count). The van der Waals surface area contributed by atoms with Crippen LogP contribution in [0.2, 0.25) is 0 Å². The maximum atomic E-state index is 12.7. The zero-order chi connectivity index (χ0) is 13.5. The molecule has 0 aliphatic rings. The first-order chi connectivity index (χ1) is 8.30. The van der Waals surface area contributed by atoms with Gasteiger partial charge in [-0.05, 0) is 29.7 Å². The number of halogens is 3. The first kappa shape index (κ1) is 12.7. The van der Waals surface area contributed by atoms with Gasteiger partial charge in [0, 0.05) is 5.39 Å². The molecule has 0 bridgehead atoms. The molecule has 0 saturated heterocycles. The van der Waals surface area contributed by atoms with E-state index in [2.05, 4.69) is 4.98 Å². The molecule has 0 unspecified atom stereocenters. The molecule has 1 aromatic carbocycles. The lowest BCUT2D eigenvalue weighted by Crippen LogP contribution is -2.06. The summed E-state index contributed by atoms with van der Waals surface area (Å²) in [5, 5.41) is 0.472. The Balaban J connectivity index is 2.77. The third-order valence-corrected chi connectivity index (χ3v) is 2.85. The number of nitrogens with two attached hydrogens (primary N) is 1. The molecule has 18 heavy (non-hydrogen) atoms. The molecule has 5 heteroatoms. The Labute approximate surface area is 103 Å². The second-order valence-corrected chi connectivity index (χ2v) is 4.51. The van der Waals surface area contributed by atoms with Crippen LogP contribution in [-0.4, -0.2) is 4.98 Å². The molecular weight excluding hydrogens is 241 g/mol. The highest BCUT2D eigenvalue weighted by Gasteiger charge is 2.30. The molecule has 0 fully saturated rings. The minimum Gasteiger partial charge on any atom is -0.397 e. The van der Waals surface area contributed by atoms with Crippen LogP contribution in [0.3, 0.4) is 0 Å². The fourth-order valence-electron chi connectivity index (χ4n) is 2.05. The van der Waals surface area contributed by atoms with Crippen LogP contribution in [0.5, 0.6) is 0 Å². The topological polar surface area (TPSA) is 38.9 Å². The van der Waals surface area contributed by atoms with Crippen molar-refractivity contribution in [1.29, 1.82) is 0 Å². The zero-order valence-electron chi connectivity index (χ0n) is 10.0. The van der Waals surface area contributed by atoms with Crippen molar-refractivity contribution < 1.29 is 13.2 Å². The van der Waals surface area contributed by atoms with Gasteiger partial charge in [-0.25, -0.2) is 0 Å². The van der Waals surface area contributed by atoms with Gasteiger partial charge in [0.05, 0.1) is 23.0 Å².